The molecule has 4 atom stereocenters. The predicted molar refractivity (Wildman–Crippen MR) is 113 cm³/mol. The molecule has 2 aliphatic heterocycles. The lowest BCUT2D eigenvalue weighted by Gasteiger charge is -2.34. The molecule has 1 aromatic carbocycles. The number of piperidine rings is 2. The fourth-order valence-corrected chi connectivity index (χ4v) is 5.89. The van der Waals surface area contributed by atoms with Crippen LogP contribution in [0.5, 0.6) is 0 Å². The average molecular weight is 430 g/mol. The number of carbonyl (C=O) groups excluding carboxylic acids is 1. The molecule has 4 unspecified atom stereocenters. The van der Waals surface area contributed by atoms with Crippen molar-refractivity contribution in [1.82, 2.24) is 14.9 Å². The maximum Gasteiger partial charge on any atom is 0.251 e. The summed E-state index contributed by atoms with van der Waals surface area (Å²) in [4.78, 5) is 12.8. The van der Waals surface area contributed by atoms with Gasteiger partial charge in [-0.1, -0.05) is 20.8 Å². The molecule has 158 valence electrons. The number of benzene rings is 1. The van der Waals surface area contributed by atoms with E-state index in [1.54, 1.807) is 28.6 Å². The highest BCUT2D eigenvalue weighted by atomic mass is 35.5. The van der Waals surface area contributed by atoms with Gasteiger partial charge < -0.3 is 10.6 Å². The Morgan fingerprint density at radius 1 is 1.11 bits per heavy atom. The molecular weight excluding hydrogens is 398 g/mol. The van der Waals surface area contributed by atoms with Crippen molar-refractivity contribution in [2.45, 2.75) is 44.6 Å². The van der Waals surface area contributed by atoms with Gasteiger partial charge in [-0.05, 0) is 68.0 Å². The molecule has 2 fully saturated rings. The van der Waals surface area contributed by atoms with E-state index in [1.807, 2.05) is 0 Å². The minimum atomic E-state index is -3.51. The van der Waals surface area contributed by atoms with Crippen molar-refractivity contribution in [2.75, 3.05) is 26.2 Å². The van der Waals surface area contributed by atoms with Gasteiger partial charge in [-0.15, -0.1) is 12.4 Å². The Balaban J connectivity index is 0.00000280. The zero-order valence-corrected chi connectivity index (χ0v) is 18.5. The Morgan fingerprint density at radius 3 is 2.29 bits per heavy atom. The molecule has 0 aromatic heterocycles. The number of hydrogen-bond donors (Lipinski definition) is 2. The van der Waals surface area contributed by atoms with Crippen molar-refractivity contribution in [2.24, 2.45) is 17.8 Å². The van der Waals surface area contributed by atoms with Crippen molar-refractivity contribution in [3.05, 3.63) is 29.8 Å². The summed E-state index contributed by atoms with van der Waals surface area (Å²) in [5, 5.41) is 6.40. The molecule has 28 heavy (non-hydrogen) atoms. The summed E-state index contributed by atoms with van der Waals surface area (Å²) in [6.45, 7) is 9.22. The first-order chi connectivity index (χ1) is 12.8. The maximum absolute atomic E-state index is 12.9. The smallest absolute Gasteiger partial charge is 0.251 e. The molecule has 2 saturated heterocycles. The van der Waals surface area contributed by atoms with Gasteiger partial charge in [-0.25, -0.2) is 8.42 Å². The summed E-state index contributed by atoms with van der Waals surface area (Å²) in [6, 6.07) is 6.49. The van der Waals surface area contributed by atoms with Crippen LogP contribution in [0.25, 0.3) is 0 Å². The highest BCUT2D eigenvalue weighted by molar-refractivity contribution is 7.89. The summed E-state index contributed by atoms with van der Waals surface area (Å²) in [5.74, 6) is 0.962. The molecule has 1 aromatic rings. The van der Waals surface area contributed by atoms with E-state index in [1.165, 1.54) is 0 Å². The quantitative estimate of drug-likeness (QED) is 0.770. The Hall–Kier alpha value is -1.15. The van der Waals surface area contributed by atoms with Gasteiger partial charge in [0, 0.05) is 24.7 Å². The number of nitrogens with one attached hydrogen (secondary N) is 2. The molecule has 2 heterocycles. The molecule has 6 nitrogen and oxygen atoms in total. The van der Waals surface area contributed by atoms with Crippen LogP contribution in [0.2, 0.25) is 0 Å². The summed E-state index contributed by atoms with van der Waals surface area (Å²) in [7, 11) is -3.51. The highest BCUT2D eigenvalue weighted by Crippen LogP contribution is 2.26. The lowest BCUT2D eigenvalue weighted by atomic mass is 9.94. The summed E-state index contributed by atoms with van der Waals surface area (Å²) < 4.78 is 27.5. The molecule has 0 spiro atoms. The van der Waals surface area contributed by atoms with Crippen LogP contribution in [-0.4, -0.2) is 50.9 Å². The molecule has 1 amide bonds. The molecule has 2 aliphatic rings. The Bertz CT molecular complexity index is 759. The van der Waals surface area contributed by atoms with Gasteiger partial charge >= 0.3 is 0 Å². The van der Waals surface area contributed by atoms with Crippen molar-refractivity contribution in [3.8, 4) is 0 Å². The zero-order chi connectivity index (χ0) is 19.6. The van der Waals surface area contributed by atoms with E-state index in [0.717, 1.165) is 25.9 Å². The molecule has 8 heteroatoms. The first-order valence-electron chi connectivity index (χ1n) is 9.89. The molecule has 0 saturated carbocycles. The van der Waals surface area contributed by atoms with E-state index < -0.39 is 10.0 Å². The van der Waals surface area contributed by atoms with Crippen LogP contribution in [0.1, 0.15) is 44.0 Å². The Labute approximate surface area is 174 Å². The van der Waals surface area contributed by atoms with E-state index in [9.17, 15) is 13.2 Å². The fraction of sp³-hybridized carbons (Fsp3) is 0.650. The number of nitrogens with zero attached hydrogens (tertiary/aromatic N) is 1. The number of rotatable bonds is 4. The molecule has 0 bridgehead atoms. The van der Waals surface area contributed by atoms with Gasteiger partial charge in [0.15, 0.2) is 0 Å². The van der Waals surface area contributed by atoms with E-state index >= 15 is 0 Å². The number of hydrogen-bond acceptors (Lipinski definition) is 4. The number of sulfonamides is 1. The molecule has 3 rings (SSSR count). The summed E-state index contributed by atoms with van der Waals surface area (Å²) >= 11 is 0. The second kappa shape index (κ2) is 9.57. The maximum atomic E-state index is 12.9. The monoisotopic (exact) mass is 429 g/mol. The minimum Gasteiger partial charge on any atom is -0.349 e. The van der Waals surface area contributed by atoms with Crippen molar-refractivity contribution in [3.63, 3.8) is 0 Å². The van der Waals surface area contributed by atoms with Crippen LogP contribution in [0.3, 0.4) is 0 Å². The number of amides is 1. The van der Waals surface area contributed by atoms with Crippen molar-refractivity contribution in [1.29, 1.82) is 0 Å². The normalized spacial score (nSPS) is 29.0. The van der Waals surface area contributed by atoms with E-state index in [2.05, 4.69) is 31.4 Å². The average Bonchev–Trinajstić information content (AvgIpc) is 2.63. The van der Waals surface area contributed by atoms with Gasteiger partial charge in [0.05, 0.1) is 4.90 Å². The Morgan fingerprint density at radius 2 is 1.71 bits per heavy atom. The van der Waals surface area contributed by atoms with Gasteiger partial charge in [-0.2, -0.15) is 4.31 Å². The van der Waals surface area contributed by atoms with Crippen LogP contribution >= 0.6 is 12.4 Å². The number of carbonyl (C=O) groups is 1. The standard InChI is InChI=1S/C20H31N3O3S.ClH/c1-14-10-15(2)13-23(12-14)27(25,26)18-6-4-17(5-7-18)20(24)22-19-8-9-21-11-16(19)3;/h4-7,14-16,19,21H,8-13H2,1-3H3,(H,22,24);1H. The zero-order valence-electron chi connectivity index (χ0n) is 16.8. The van der Waals surface area contributed by atoms with E-state index in [4.69, 9.17) is 0 Å². The first kappa shape index (κ1) is 23.1. The van der Waals surface area contributed by atoms with Gasteiger partial charge in [0.2, 0.25) is 10.0 Å². The number of halogens is 1. The molecule has 0 radical (unpaired) electrons. The largest absolute Gasteiger partial charge is 0.349 e. The third kappa shape index (κ3) is 5.26. The van der Waals surface area contributed by atoms with Crippen molar-refractivity contribution < 1.29 is 13.2 Å². The van der Waals surface area contributed by atoms with Crippen LogP contribution in [0.15, 0.2) is 29.2 Å². The predicted octanol–water partition coefficient (Wildman–Crippen LogP) is 2.50. The third-order valence-electron chi connectivity index (χ3n) is 5.69. The second-order valence-electron chi connectivity index (χ2n) is 8.34. The SMILES string of the molecule is CC1CC(C)CN(S(=O)(=O)c2ccc(C(=O)NC3CCNCC3C)cc2)C1.Cl. The van der Waals surface area contributed by atoms with Gasteiger partial charge in [-0.3, -0.25) is 4.79 Å². The second-order valence-corrected chi connectivity index (χ2v) is 10.3. The van der Waals surface area contributed by atoms with Gasteiger partial charge in [0.1, 0.15) is 0 Å². The first-order valence-corrected chi connectivity index (χ1v) is 11.3. The van der Waals surface area contributed by atoms with Crippen LogP contribution in [0.4, 0.5) is 0 Å². The third-order valence-corrected chi connectivity index (χ3v) is 7.54. The van der Waals surface area contributed by atoms with Gasteiger partial charge in [0.25, 0.3) is 5.91 Å². The minimum absolute atomic E-state index is 0. The van der Waals surface area contributed by atoms with E-state index in [0.29, 0.717) is 36.4 Å². The summed E-state index contributed by atoms with van der Waals surface area (Å²) in [6.07, 6.45) is 1.96. The topological polar surface area (TPSA) is 78.5 Å². The highest BCUT2D eigenvalue weighted by Gasteiger charge is 2.31. The molecule has 2 N–H and O–H groups in total. The van der Waals surface area contributed by atoms with Crippen LogP contribution < -0.4 is 10.6 Å². The lowest BCUT2D eigenvalue weighted by Crippen LogP contribution is -2.48. The Kier molecular flexibility index (Phi) is 7.90. The summed E-state index contributed by atoms with van der Waals surface area (Å²) in [5.41, 5.74) is 0.500. The lowest BCUT2D eigenvalue weighted by molar-refractivity contribution is 0.0914. The molecule has 0 aliphatic carbocycles. The fourth-order valence-electron chi connectivity index (χ4n) is 4.21. The van der Waals surface area contributed by atoms with Crippen LogP contribution in [0, 0.1) is 17.8 Å². The molecular formula is C20H32ClN3O3S. The van der Waals surface area contributed by atoms with Crippen molar-refractivity contribution >= 4 is 28.3 Å². The van der Waals surface area contributed by atoms with E-state index in [-0.39, 0.29) is 29.3 Å². The van der Waals surface area contributed by atoms with Crippen LogP contribution in [-0.2, 0) is 10.0 Å².